The monoisotopic (exact) mass is 298 g/mol. The maximum absolute atomic E-state index is 13.4. The van der Waals surface area contributed by atoms with Crippen molar-refractivity contribution in [3.8, 4) is 0 Å². The van der Waals surface area contributed by atoms with E-state index >= 15 is 0 Å². The minimum Gasteiger partial charge on any atom is -0.481 e. The van der Waals surface area contributed by atoms with Crippen LogP contribution in [0.2, 0.25) is 0 Å². The van der Waals surface area contributed by atoms with Crippen molar-refractivity contribution in [2.24, 2.45) is 5.92 Å². The molecule has 1 aromatic rings. The molecule has 1 aliphatic rings. The molecule has 0 heterocycles. The number of urea groups is 1. The Morgan fingerprint density at radius 3 is 2.43 bits per heavy atom. The van der Waals surface area contributed by atoms with Crippen LogP contribution in [0.4, 0.5) is 19.3 Å². The predicted octanol–water partition coefficient (Wildman–Crippen LogP) is 2.73. The van der Waals surface area contributed by atoms with Crippen LogP contribution in [0.3, 0.4) is 0 Å². The molecule has 5 nitrogen and oxygen atoms in total. The lowest BCUT2D eigenvalue weighted by molar-refractivity contribution is -0.142. The highest BCUT2D eigenvalue weighted by Crippen LogP contribution is 2.24. The molecule has 0 saturated heterocycles. The molecule has 0 aliphatic heterocycles. The molecule has 0 unspecified atom stereocenters. The number of rotatable bonds is 3. The maximum atomic E-state index is 13.4. The molecule has 2 amide bonds. The molecule has 0 bridgehead atoms. The lowest BCUT2D eigenvalue weighted by Gasteiger charge is -2.26. The maximum Gasteiger partial charge on any atom is 0.319 e. The van der Waals surface area contributed by atoms with Crippen molar-refractivity contribution < 1.29 is 23.5 Å². The van der Waals surface area contributed by atoms with Crippen molar-refractivity contribution in [2.45, 2.75) is 31.7 Å². The minimum atomic E-state index is -1.11. The first-order valence-corrected chi connectivity index (χ1v) is 6.71. The van der Waals surface area contributed by atoms with Gasteiger partial charge in [-0.15, -0.1) is 0 Å². The molecule has 1 saturated carbocycles. The molecule has 3 N–H and O–H groups in total. The Hall–Kier alpha value is -2.18. The molecule has 1 aliphatic carbocycles. The topological polar surface area (TPSA) is 78.4 Å². The zero-order chi connectivity index (χ0) is 15.4. The number of hydrogen-bond donors (Lipinski definition) is 3. The van der Waals surface area contributed by atoms with E-state index < -0.39 is 23.6 Å². The number of anilines is 1. The van der Waals surface area contributed by atoms with Crippen LogP contribution in [0.5, 0.6) is 0 Å². The molecule has 0 aromatic heterocycles. The molecule has 114 valence electrons. The molecule has 0 spiro atoms. The standard InChI is InChI=1S/C14H16F2N2O3/c15-10-2-1-3-11(12(10)16)18-14(21)17-9-6-4-8(5-7-9)13(19)20/h1-3,8-9H,4-7H2,(H,19,20)(H2,17,18,21). The number of nitrogens with one attached hydrogen (secondary N) is 2. The first-order chi connectivity index (χ1) is 9.97. The number of amides is 2. The highest BCUT2D eigenvalue weighted by molar-refractivity contribution is 5.89. The lowest BCUT2D eigenvalue weighted by atomic mass is 9.86. The summed E-state index contributed by atoms with van der Waals surface area (Å²) in [6.07, 6.45) is 2.09. The highest BCUT2D eigenvalue weighted by atomic mass is 19.2. The fraction of sp³-hybridized carbons (Fsp3) is 0.429. The number of halogens is 2. The van der Waals surface area contributed by atoms with E-state index in [1.54, 1.807) is 0 Å². The first kappa shape index (κ1) is 15.2. The molecular formula is C14H16F2N2O3. The molecule has 0 radical (unpaired) electrons. The van der Waals surface area contributed by atoms with Crippen LogP contribution in [-0.4, -0.2) is 23.1 Å². The van der Waals surface area contributed by atoms with Crippen LogP contribution in [0, 0.1) is 17.6 Å². The van der Waals surface area contributed by atoms with Crippen molar-refractivity contribution in [1.82, 2.24) is 5.32 Å². The van der Waals surface area contributed by atoms with Gasteiger partial charge in [0.25, 0.3) is 0 Å². The van der Waals surface area contributed by atoms with Gasteiger partial charge in [0.2, 0.25) is 0 Å². The average molecular weight is 298 g/mol. The van der Waals surface area contributed by atoms with Gasteiger partial charge in [-0.2, -0.15) is 0 Å². The number of benzene rings is 1. The lowest BCUT2D eigenvalue weighted by Crippen LogP contribution is -2.41. The van der Waals surface area contributed by atoms with E-state index in [9.17, 15) is 18.4 Å². The van der Waals surface area contributed by atoms with E-state index in [1.807, 2.05) is 0 Å². The third-order valence-electron chi connectivity index (χ3n) is 3.61. The first-order valence-electron chi connectivity index (χ1n) is 6.71. The summed E-state index contributed by atoms with van der Waals surface area (Å²) in [4.78, 5) is 22.5. The Balaban J connectivity index is 1.86. The predicted molar refractivity (Wildman–Crippen MR) is 71.9 cm³/mol. The van der Waals surface area contributed by atoms with Crippen LogP contribution < -0.4 is 10.6 Å². The zero-order valence-electron chi connectivity index (χ0n) is 11.2. The molecule has 2 rings (SSSR count). The second kappa shape index (κ2) is 6.51. The molecule has 1 aromatic carbocycles. The Morgan fingerprint density at radius 2 is 1.81 bits per heavy atom. The highest BCUT2D eigenvalue weighted by Gasteiger charge is 2.26. The van der Waals surface area contributed by atoms with E-state index in [2.05, 4.69) is 10.6 Å². The van der Waals surface area contributed by atoms with Gasteiger partial charge in [0, 0.05) is 6.04 Å². The minimum absolute atomic E-state index is 0.155. The summed E-state index contributed by atoms with van der Waals surface area (Å²) in [5.74, 6) is -3.33. The smallest absolute Gasteiger partial charge is 0.319 e. The largest absolute Gasteiger partial charge is 0.481 e. The summed E-state index contributed by atoms with van der Waals surface area (Å²) in [5, 5.41) is 13.8. The normalized spacial score (nSPS) is 21.6. The van der Waals surface area contributed by atoms with Gasteiger partial charge >= 0.3 is 12.0 Å². The second-order valence-electron chi connectivity index (χ2n) is 5.09. The molecule has 1 fully saturated rings. The van der Waals surface area contributed by atoms with E-state index in [4.69, 9.17) is 5.11 Å². The van der Waals surface area contributed by atoms with Gasteiger partial charge < -0.3 is 15.7 Å². The van der Waals surface area contributed by atoms with Crippen molar-refractivity contribution in [2.75, 3.05) is 5.32 Å². The van der Waals surface area contributed by atoms with Gasteiger partial charge in [-0.3, -0.25) is 4.79 Å². The fourth-order valence-corrected chi connectivity index (χ4v) is 2.43. The van der Waals surface area contributed by atoms with Gasteiger partial charge in [0.15, 0.2) is 11.6 Å². The summed E-state index contributed by atoms with van der Waals surface area (Å²) in [7, 11) is 0. The number of aliphatic carboxylic acids is 1. The van der Waals surface area contributed by atoms with E-state index in [0.29, 0.717) is 25.7 Å². The van der Waals surface area contributed by atoms with Crippen LogP contribution in [-0.2, 0) is 4.79 Å². The van der Waals surface area contributed by atoms with Crippen LogP contribution in [0.15, 0.2) is 18.2 Å². The Morgan fingerprint density at radius 1 is 1.14 bits per heavy atom. The molecule has 0 atom stereocenters. The van der Waals surface area contributed by atoms with Crippen molar-refractivity contribution in [3.05, 3.63) is 29.8 Å². The Bertz CT molecular complexity index is 543. The van der Waals surface area contributed by atoms with Gasteiger partial charge in [-0.05, 0) is 37.8 Å². The molecular weight excluding hydrogens is 282 g/mol. The Kier molecular flexibility index (Phi) is 4.72. The van der Waals surface area contributed by atoms with Crippen LogP contribution >= 0.6 is 0 Å². The summed E-state index contributed by atoms with van der Waals surface area (Å²) in [5.41, 5.74) is -0.230. The summed E-state index contributed by atoms with van der Waals surface area (Å²) < 4.78 is 26.4. The Labute approximate surface area is 120 Å². The number of carbonyl (C=O) groups excluding carboxylic acids is 1. The molecule has 21 heavy (non-hydrogen) atoms. The summed E-state index contributed by atoms with van der Waals surface area (Å²) in [6.45, 7) is 0. The fourth-order valence-electron chi connectivity index (χ4n) is 2.43. The van der Waals surface area contributed by atoms with Gasteiger partial charge in [-0.25, -0.2) is 13.6 Å². The number of carboxylic acid groups (broad SMARTS) is 1. The van der Waals surface area contributed by atoms with Crippen molar-refractivity contribution in [1.29, 1.82) is 0 Å². The van der Waals surface area contributed by atoms with Crippen molar-refractivity contribution in [3.63, 3.8) is 0 Å². The van der Waals surface area contributed by atoms with E-state index in [0.717, 1.165) is 6.07 Å². The summed E-state index contributed by atoms with van der Waals surface area (Å²) in [6, 6.07) is 2.74. The third-order valence-corrected chi connectivity index (χ3v) is 3.61. The summed E-state index contributed by atoms with van der Waals surface area (Å²) >= 11 is 0. The number of carbonyl (C=O) groups is 2. The van der Waals surface area contributed by atoms with Crippen LogP contribution in [0.1, 0.15) is 25.7 Å². The molecule has 7 heteroatoms. The third kappa shape index (κ3) is 3.90. The second-order valence-corrected chi connectivity index (χ2v) is 5.09. The van der Waals surface area contributed by atoms with Gasteiger partial charge in [0.1, 0.15) is 0 Å². The SMILES string of the molecule is O=C(Nc1cccc(F)c1F)NC1CCC(C(=O)O)CC1. The van der Waals surface area contributed by atoms with Crippen LogP contribution in [0.25, 0.3) is 0 Å². The van der Waals surface area contributed by atoms with E-state index in [-0.39, 0.29) is 17.6 Å². The number of hydrogen-bond acceptors (Lipinski definition) is 2. The average Bonchev–Trinajstić information content (AvgIpc) is 2.44. The van der Waals surface area contributed by atoms with Crippen molar-refractivity contribution >= 4 is 17.7 Å². The number of carboxylic acids is 1. The van der Waals surface area contributed by atoms with Gasteiger partial charge in [-0.1, -0.05) is 6.07 Å². The van der Waals surface area contributed by atoms with E-state index in [1.165, 1.54) is 12.1 Å². The quantitative estimate of drug-likeness (QED) is 0.803. The van der Waals surface area contributed by atoms with Gasteiger partial charge in [0.05, 0.1) is 11.6 Å². The zero-order valence-corrected chi connectivity index (χ0v) is 11.2.